The first-order chi connectivity index (χ1) is 8.69. The summed E-state index contributed by atoms with van der Waals surface area (Å²) in [6.07, 6.45) is 3.72. The average Bonchev–Trinajstić information content (AvgIpc) is 2.33. The summed E-state index contributed by atoms with van der Waals surface area (Å²) < 4.78 is 0. The molecule has 0 saturated heterocycles. The highest BCUT2D eigenvalue weighted by Crippen LogP contribution is 2.21. The Balaban J connectivity index is 2.80. The summed E-state index contributed by atoms with van der Waals surface area (Å²) in [6, 6.07) is 0. The van der Waals surface area contributed by atoms with E-state index in [-0.39, 0.29) is 5.91 Å². The molecule has 1 rings (SSSR count). The highest BCUT2D eigenvalue weighted by atomic mass is 16.1. The van der Waals surface area contributed by atoms with E-state index in [1.807, 2.05) is 6.92 Å². The monoisotopic (exact) mass is 251 g/mol. The molecular weight excluding hydrogens is 230 g/mol. The zero-order valence-corrected chi connectivity index (χ0v) is 11.0. The van der Waals surface area contributed by atoms with Gasteiger partial charge in [0.2, 0.25) is 5.91 Å². The topological polar surface area (TPSA) is 92.9 Å². The smallest absolute Gasteiger partial charge is 0.219 e. The Morgan fingerprint density at radius 3 is 2.50 bits per heavy atom. The van der Waals surface area contributed by atoms with Crippen molar-refractivity contribution in [2.75, 3.05) is 23.7 Å². The molecule has 0 bridgehead atoms. The van der Waals surface area contributed by atoms with E-state index < -0.39 is 0 Å². The van der Waals surface area contributed by atoms with Crippen LogP contribution >= 0.6 is 0 Å². The number of rotatable bonds is 8. The molecule has 18 heavy (non-hydrogen) atoms. The van der Waals surface area contributed by atoms with Crippen molar-refractivity contribution in [2.45, 2.75) is 33.1 Å². The van der Waals surface area contributed by atoms with Crippen LogP contribution in [0.5, 0.6) is 0 Å². The second-order valence-electron chi connectivity index (χ2n) is 3.97. The highest BCUT2D eigenvalue weighted by molar-refractivity contribution is 5.74. The third-order valence-electron chi connectivity index (χ3n) is 2.45. The number of carbonyl (C=O) groups is 1. The number of primary amides is 1. The summed E-state index contributed by atoms with van der Waals surface area (Å²) in [6.45, 7) is 5.44. The molecule has 6 heteroatoms. The van der Waals surface area contributed by atoms with Gasteiger partial charge in [-0.3, -0.25) is 4.79 Å². The van der Waals surface area contributed by atoms with Crippen molar-refractivity contribution in [3.63, 3.8) is 0 Å². The Hall–Kier alpha value is -1.85. The van der Waals surface area contributed by atoms with Crippen molar-refractivity contribution in [3.05, 3.63) is 11.9 Å². The van der Waals surface area contributed by atoms with Crippen molar-refractivity contribution >= 4 is 17.5 Å². The summed E-state index contributed by atoms with van der Waals surface area (Å²) in [5.41, 5.74) is 6.17. The minimum Gasteiger partial charge on any atom is -0.370 e. The third-order valence-corrected chi connectivity index (χ3v) is 2.45. The number of amides is 1. The van der Waals surface area contributed by atoms with Crippen LogP contribution in [0.3, 0.4) is 0 Å². The first kappa shape index (κ1) is 14.2. The van der Waals surface area contributed by atoms with E-state index >= 15 is 0 Å². The van der Waals surface area contributed by atoms with Crippen LogP contribution in [0, 0.1) is 0 Å². The van der Waals surface area contributed by atoms with Crippen molar-refractivity contribution in [1.29, 1.82) is 0 Å². The van der Waals surface area contributed by atoms with Gasteiger partial charge in [0.25, 0.3) is 0 Å². The number of carbonyl (C=O) groups excluding carboxylic acids is 1. The maximum absolute atomic E-state index is 10.7. The van der Waals surface area contributed by atoms with Crippen LogP contribution in [-0.4, -0.2) is 29.0 Å². The third kappa shape index (κ3) is 4.20. The van der Waals surface area contributed by atoms with Crippen molar-refractivity contribution < 1.29 is 4.79 Å². The molecular formula is C12H21N5O. The first-order valence-electron chi connectivity index (χ1n) is 6.28. The van der Waals surface area contributed by atoms with Crippen LogP contribution in [0.1, 0.15) is 32.3 Å². The zero-order chi connectivity index (χ0) is 13.4. The maximum Gasteiger partial charge on any atom is 0.219 e. The van der Waals surface area contributed by atoms with Crippen LogP contribution in [0.2, 0.25) is 0 Å². The molecule has 1 amide bonds. The van der Waals surface area contributed by atoms with Crippen LogP contribution in [-0.2, 0) is 11.2 Å². The van der Waals surface area contributed by atoms with Crippen LogP contribution < -0.4 is 16.4 Å². The van der Waals surface area contributed by atoms with Gasteiger partial charge in [-0.15, -0.1) is 0 Å². The molecule has 0 radical (unpaired) electrons. The molecule has 0 aliphatic heterocycles. The largest absolute Gasteiger partial charge is 0.370 e. The average molecular weight is 251 g/mol. The lowest BCUT2D eigenvalue weighted by atomic mass is 10.1. The molecule has 6 nitrogen and oxygen atoms in total. The molecule has 4 N–H and O–H groups in total. The molecule has 1 aromatic heterocycles. The zero-order valence-electron chi connectivity index (χ0n) is 11.0. The van der Waals surface area contributed by atoms with Crippen LogP contribution in [0.4, 0.5) is 11.6 Å². The molecule has 1 aromatic rings. The van der Waals surface area contributed by atoms with E-state index in [2.05, 4.69) is 27.5 Å². The lowest BCUT2D eigenvalue weighted by Gasteiger charge is -2.14. The van der Waals surface area contributed by atoms with Crippen molar-refractivity contribution in [2.24, 2.45) is 5.73 Å². The predicted molar refractivity (Wildman–Crippen MR) is 72.5 cm³/mol. The normalized spacial score (nSPS) is 10.1. The van der Waals surface area contributed by atoms with Gasteiger partial charge in [0.05, 0.1) is 0 Å². The van der Waals surface area contributed by atoms with Gasteiger partial charge in [0.1, 0.15) is 18.0 Å². The number of nitrogens with zero attached hydrogens (tertiary/aromatic N) is 2. The summed E-state index contributed by atoms with van der Waals surface area (Å²) in [4.78, 5) is 19.2. The summed E-state index contributed by atoms with van der Waals surface area (Å²) in [5, 5.41) is 6.35. The molecule has 0 unspecified atom stereocenters. The quantitative estimate of drug-likeness (QED) is 0.644. The van der Waals surface area contributed by atoms with Crippen molar-refractivity contribution in [1.82, 2.24) is 9.97 Å². The van der Waals surface area contributed by atoms with Gasteiger partial charge in [-0.05, 0) is 13.3 Å². The van der Waals surface area contributed by atoms with Gasteiger partial charge >= 0.3 is 0 Å². The number of hydrogen-bond acceptors (Lipinski definition) is 5. The summed E-state index contributed by atoms with van der Waals surface area (Å²) in [7, 11) is 0. The van der Waals surface area contributed by atoms with Gasteiger partial charge < -0.3 is 16.4 Å². The Kier molecular flexibility index (Phi) is 5.90. The Bertz CT molecular complexity index is 394. The highest BCUT2D eigenvalue weighted by Gasteiger charge is 2.09. The van der Waals surface area contributed by atoms with E-state index in [4.69, 9.17) is 5.73 Å². The summed E-state index contributed by atoms with van der Waals surface area (Å²) >= 11 is 0. The van der Waals surface area contributed by atoms with E-state index in [0.717, 1.165) is 36.6 Å². The minimum atomic E-state index is -0.319. The molecule has 0 aromatic carbocycles. The minimum absolute atomic E-state index is 0.298. The lowest BCUT2D eigenvalue weighted by Crippen LogP contribution is -2.17. The standard InChI is InChI=1S/C12H21N5O/c1-3-5-9-11(14-4-2)16-8-17-12(9)15-7-6-10(13)18/h8H,3-7H2,1-2H3,(H2,13,18)(H2,14,15,16,17). The molecule has 0 atom stereocenters. The SMILES string of the molecule is CCCc1c(NCC)ncnc1NCCC(N)=O. The lowest BCUT2D eigenvalue weighted by molar-refractivity contribution is -0.117. The Morgan fingerprint density at radius 2 is 1.94 bits per heavy atom. The number of nitrogens with one attached hydrogen (secondary N) is 2. The molecule has 1 heterocycles. The molecule has 0 saturated carbocycles. The maximum atomic E-state index is 10.7. The number of hydrogen-bond donors (Lipinski definition) is 3. The van der Waals surface area contributed by atoms with E-state index in [1.54, 1.807) is 0 Å². The second-order valence-corrected chi connectivity index (χ2v) is 3.97. The molecule has 0 fully saturated rings. The van der Waals surface area contributed by atoms with Gasteiger partial charge in [-0.1, -0.05) is 13.3 Å². The fourth-order valence-electron chi connectivity index (χ4n) is 1.68. The molecule has 0 aliphatic rings. The molecule has 0 aliphatic carbocycles. The predicted octanol–water partition coefficient (Wildman–Crippen LogP) is 1.15. The number of anilines is 2. The molecule has 100 valence electrons. The van der Waals surface area contributed by atoms with Crippen molar-refractivity contribution in [3.8, 4) is 0 Å². The fourth-order valence-corrected chi connectivity index (χ4v) is 1.68. The van der Waals surface area contributed by atoms with Crippen LogP contribution in [0.15, 0.2) is 6.33 Å². The second kappa shape index (κ2) is 7.47. The van der Waals surface area contributed by atoms with E-state index in [9.17, 15) is 4.79 Å². The van der Waals surface area contributed by atoms with Gasteiger partial charge in [0, 0.05) is 25.1 Å². The van der Waals surface area contributed by atoms with Gasteiger partial charge in [0.15, 0.2) is 0 Å². The Labute approximate surface area is 107 Å². The number of aromatic nitrogens is 2. The number of nitrogens with two attached hydrogens (primary N) is 1. The van der Waals surface area contributed by atoms with E-state index in [0.29, 0.717) is 13.0 Å². The Morgan fingerprint density at radius 1 is 1.28 bits per heavy atom. The first-order valence-corrected chi connectivity index (χ1v) is 6.28. The van der Waals surface area contributed by atoms with Crippen LogP contribution in [0.25, 0.3) is 0 Å². The van der Waals surface area contributed by atoms with Gasteiger partial charge in [-0.25, -0.2) is 9.97 Å². The van der Waals surface area contributed by atoms with Gasteiger partial charge in [-0.2, -0.15) is 0 Å². The fraction of sp³-hybridized carbons (Fsp3) is 0.583. The summed E-state index contributed by atoms with van der Waals surface area (Å²) in [5.74, 6) is 1.32. The van der Waals surface area contributed by atoms with E-state index in [1.165, 1.54) is 6.33 Å². The molecule has 0 spiro atoms.